The van der Waals surface area contributed by atoms with Crippen molar-refractivity contribution in [2.24, 2.45) is 0 Å². The fourth-order valence-corrected chi connectivity index (χ4v) is 1.50. The van der Waals surface area contributed by atoms with Crippen LogP contribution < -0.4 is 10.6 Å². The summed E-state index contributed by atoms with van der Waals surface area (Å²) in [6, 6.07) is 2.98. The highest BCUT2D eigenvalue weighted by molar-refractivity contribution is 6.01. The fraction of sp³-hybridized carbons (Fsp3) is 0.333. The van der Waals surface area contributed by atoms with E-state index >= 15 is 0 Å². The third kappa shape index (κ3) is 4.33. The van der Waals surface area contributed by atoms with Gasteiger partial charge in [0.05, 0.1) is 17.8 Å². The SMILES string of the molecule is Cc1cccc(NC(=O)NCC(F)(F)C(F)F)c1C(=O)O. The van der Waals surface area contributed by atoms with E-state index in [0.717, 1.165) is 0 Å². The van der Waals surface area contributed by atoms with Crippen LogP contribution in [0.4, 0.5) is 28.0 Å². The third-order valence-electron chi connectivity index (χ3n) is 2.54. The first-order valence-electron chi connectivity index (χ1n) is 5.69. The number of carboxylic acid groups (broad SMARTS) is 1. The van der Waals surface area contributed by atoms with Gasteiger partial charge in [0.2, 0.25) is 0 Å². The number of nitrogens with one attached hydrogen (secondary N) is 2. The summed E-state index contributed by atoms with van der Waals surface area (Å²) in [6.07, 6.45) is -3.91. The van der Waals surface area contributed by atoms with Gasteiger partial charge in [-0.25, -0.2) is 18.4 Å². The molecule has 3 N–H and O–H groups in total. The van der Waals surface area contributed by atoms with E-state index in [1.54, 1.807) is 5.32 Å². The van der Waals surface area contributed by atoms with Crippen molar-refractivity contribution in [2.75, 3.05) is 11.9 Å². The minimum absolute atomic E-state index is 0.125. The summed E-state index contributed by atoms with van der Waals surface area (Å²) < 4.78 is 49.1. The molecule has 0 aromatic heterocycles. The number of rotatable bonds is 5. The number of alkyl halides is 4. The van der Waals surface area contributed by atoms with Gasteiger partial charge in [-0.3, -0.25) is 0 Å². The molecule has 0 aliphatic heterocycles. The summed E-state index contributed by atoms with van der Waals surface area (Å²) >= 11 is 0. The van der Waals surface area contributed by atoms with E-state index in [-0.39, 0.29) is 11.3 Å². The van der Waals surface area contributed by atoms with E-state index in [1.165, 1.54) is 25.1 Å². The number of carboxylic acids is 1. The largest absolute Gasteiger partial charge is 0.478 e. The zero-order valence-corrected chi connectivity index (χ0v) is 10.8. The Morgan fingerprint density at radius 3 is 2.48 bits per heavy atom. The lowest BCUT2D eigenvalue weighted by atomic mass is 10.1. The average molecular weight is 308 g/mol. The van der Waals surface area contributed by atoms with Gasteiger partial charge in [-0.15, -0.1) is 0 Å². The maximum atomic E-state index is 12.6. The van der Waals surface area contributed by atoms with Crippen LogP contribution in [0.3, 0.4) is 0 Å². The summed E-state index contributed by atoms with van der Waals surface area (Å²) in [6.45, 7) is -0.0811. The minimum atomic E-state index is -4.36. The third-order valence-corrected chi connectivity index (χ3v) is 2.54. The smallest absolute Gasteiger partial charge is 0.338 e. The maximum Gasteiger partial charge on any atom is 0.338 e. The molecule has 0 bridgehead atoms. The Balaban J connectivity index is 2.77. The highest BCUT2D eigenvalue weighted by Gasteiger charge is 2.40. The quantitative estimate of drug-likeness (QED) is 0.732. The second kappa shape index (κ2) is 6.42. The molecular weight excluding hydrogens is 296 g/mol. The predicted octanol–water partition coefficient (Wildman–Crippen LogP) is 2.72. The van der Waals surface area contributed by atoms with Crippen LogP contribution in [0.1, 0.15) is 15.9 Å². The summed E-state index contributed by atoms with van der Waals surface area (Å²) in [5.41, 5.74) is 0.00634. The molecule has 0 aliphatic carbocycles. The summed E-state index contributed by atoms with van der Waals surface area (Å²) in [5, 5.41) is 12.6. The first-order chi connectivity index (χ1) is 9.65. The van der Waals surface area contributed by atoms with Crippen LogP contribution in [0.2, 0.25) is 0 Å². The lowest BCUT2D eigenvalue weighted by Gasteiger charge is -2.16. The molecule has 1 aromatic carbocycles. The van der Waals surface area contributed by atoms with Crippen molar-refractivity contribution in [2.45, 2.75) is 19.3 Å². The summed E-state index contributed by atoms with van der Waals surface area (Å²) in [4.78, 5) is 22.4. The average Bonchev–Trinajstić information content (AvgIpc) is 2.36. The molecule has 116 valence electrons. The van der Waals surface area contributed by atoms with Gasteiger partial charge < -0.3 is 15.7 Å². The van der Waals surface area contributed by atoms with Crippen LogP contribution in [0, 0.1) is 6.92 Å². The molecule has 0 aliphatic rings. The molecule has 0 heterocycles. The monoisotopic (exact) mass is 308 g/mol. The number of urea groups is 1. The van der Waals surface area contributed by atoms with Gasteiger partial charge in [-0.1, -0.05) is 12.1 Å². The molecule has 0 saturated heterocycles. The number of halogens is 4. The second-order valence-corrected chi connectivity index (χ2v) is 4.17. The Bertz CT molecular complexity index is 549. The van der Waals surface area contributed by atoms with Crippen LogP contribution in [-0.2, 0) is 0 Å². The molecule has 0 atom stereocenters. The zero-order valence-electron chi connectivity index (χ0n) is 10.8. The summed E-state index contributed by atoms with van der Waals surface area (Å²) in [5.74, 6) is -5.68. The molecule has 0 spiro atoms. The van der Waals surface area contributed by atoms with Crippen molar-refractivity contribution in [1.29, 1.82) is 0 Å². The van der Waals surface area contributed by atoms with Crippen molar-refractivity contribution in [3.8, 4) is 0 Å². The lowest BCUT2D eigenvalue weighted by molar-refractivity contribution is -0.123. The first kappa shape index (κ1) is 16.7. The van der Waals surface area contributed by atoms with Crippen molar-refractivity contribution in [3.63, 3.8) is 0 Å². The Labute approximate surface area is 117 Å². The lowest BCUT2D eigenvalue weighted by Crippen LogP contribution is -2.43. The van der Waals surface area contributed by atoms with Gasteiger partial charge in [-0.2, -0.15) is 8.78 Å². The molecule has 5 nitrogen and oxygen atoms in total. The number of carbonyl (C=O) groups excluding carboxylic acids is 1. The molecule has 0 fully saturated rings. The Morgan fingerprint density at radius 2 is 1.95 bits per heavy atom. The van der Waals surface area contributed by atoms with Crippen LogP contribution in [0.5, 0.6) is 0 Å². The molecule has 9 heteroatoms. The Hall–Kier alpha value is -2.32. The number of amides is 2. The van der Waals surface area contributed by atoms with E-state index in [9.17, 15) is 27.2 Å². The topological polar surface area (TPSA) is 78.4 Å². The molecule has 1 rings (SSSR count). The number of aromatic carboxylic acids is 1. The van der Waals surface area contributed by atoms with Crippen LogP contribution >= 0.6 is 0 Å². The normalized spacial score (nSPS) is 11.3. The first-order valence-corrected chi connectivity index (χ1v) is 5.69. The molecule has 0 unspecified atom stereocenters. The number of anilines is 1. The van der Waals surface area contributed by atoms with Crippen molar-refractivity contribution in [1.82, 2.24) is 5.32 Å². The molecule has 2 amide bonds. The molecule has 21 heavy (non-hydrogen) atoms. The standard InChI is InChI=1S/C12H12F4N2O3/c1-6-3-2-4-7(8(6)9(19)20)18-11(21)17-5-12(15,16)10(13)14/h2-4,10H,5H2,1H3,(H,19,20)(H2,17,18,21). The van der Waals surface area contributed by atoms with E-state index in [0.29, 0.717) is 5.56 Å². The van der Waals surface area contributed by atoms with Crippen molar-refractivity contribution < 1.29 is 32.3 Å². The van der Waals surface area contributed by atoms with Crippen molar-refractivity contribution in [3.05, 3.63) is 29.3 Å². The van der Waals surface area contributed by atoms with Gasteiger partial charge >= 0.3 is 24.3 Å². The van der Waals surface area contributed by atoms with Crippen LogP contribution in [0.15, 0.2) is 18.2 Å². The van der Waals surface area contributed by atoms with Gasteiger partial charge in [0.1, 0.15) is 0 Å². The fourth-order valence-electron chi connectivity index (χ4n) is 1.50. The van der Waals surface area contributed by atoms with E-state index in [1.807, 2.05) is 5.32 Å². The van der Waals surface area contributed by atoms with Gasteiger partial charge in [0, 0.05) is 0 Å². The van der Waals surface area contributed by atoms with Crippen molar-refractivity contribution >= 4 is 17.7 Å². The molecule has 0 saturated carbocycles. The zero-order chi connectivity index (χ0) is 16.2. The van der Waals surface area contributed by atoms with E-state index in [2.05, 4.69) is 0 Å². The highest BCUT2D eigenvalue weighted by Crippen LogP contribution is 2.22. The second-order valence-electron chi connectivity index (χ2n) is 4.17. The van der Waals surface area contributed by atoms with Gasteiger partial charge in [-0.05, 0) is 18.6 Å². The van der Waals surface area contributed by atoms with Gasteiger partial charge in [0.25, 0.3) is 0 Å². The molecular formula is C12H12F4N2O3. The molecule has 0 radical (unpaired) electrons. The Morgan fingerprint density at radius 1 is 1.33 bits per heavy atom. The number of benzene rings is 1. The molecule has 1 aromatic rings. The van der Waals surface area contributed by atoms with Gasteiger partial charge in [0.15, 0.2) is 0 Å². The number of aryl methyl sites for hydroxylation is 1. The number of hydrogen-bond acceptors (Lipinski definition) is 2. The van der Waals surface area contributed by atoms with Crippen LogP contribution in [0.25, 0.3) is 0 Å². The highest BCUT2D eigenvalue weighted by atomic mass is 19.3. The summed E-state index contributed by atoms with van der Waals surface area (Å²) in [7, 11) is 0. The van der Waals surface area contributed by atoms with Crippen LogP contribution in [-0.4, -0.2) is 36.0 Å². The minimum Gasteiger partial charge on any atom is -0.478 e. The van der Waals surface area contributed by atoms with E-state index < -0.39 is 30.9 Å². The van der Waals surface area contributed by atoms with E-state index in [4.69, 9.17) is 5.11 Å². The number of hydrogen-bond donors (Lipinski definition) is 3. The Kier molecular flexibility index (Phi) is 5.12. The maximum absolute atomic E-state index is 12.6. The number of carbonyl (C=O) groups is 2. The predicted molar refractivity (Wildman–Crippen MR) is 66.1 cm³/mol.